The van der Waals surface area contributed by atoms with E-state index in [1.54, 1.807) is 16.9 Å². The smallest absolute Gasteiger partial charge is 0.280 e. The second-order valence-corrected chi connectivity index (χ2v) is 8.79. The fourth-order valence-electron chi connectivity index (χ4n) is 4.72. The third-order valence-corrected chi connectivity index (χ3v) is 6.66. The molecule has 1 unspecified atom stereocenters. The van der Waals surface area contributed by atoms with Crippen LogP contribution in [0.1, 0.15) is 6.42 Å². The highest BCUT2D eigenvalue weighted by Crippen LogP contribution is 2.35. The average molecular weight is 466 g/mol. The van der Waals surface area contributed by atoms with Crippen molar-refractivity contribution in [1.29, 1.82) is 0 Å². The van der Waals surface area contributed by atoms with Gasteiger partial charge >= 0.3 is 0 Å². The zero-order chi connectivity index (χ0) is 23.3. The Balaban J connectivity index is 1.30. The fourth-order valence-corrected chi connectivity index (χ4v) is 4.72. The summed E-state index contributed by atoms with van der Waals surface area (Å²) >= 11 is 0. The predicted octanol–water partition coefficient (Wildman–Crippen LogP) is 3.47. The molecule has 0 radical (unpaired) electrons. The van der Waals surface area contributed by atoms with Crippen LogP contribution in [0.5, 0.6) is 5.88 Å². The average Bonchev–Trinajstić information content (AvgIpc) is 3.22. The molecule has 0 spiro atoms. The first-order valence-corrected chi connectivity index (χ1v) is 11.3. The lowest BCUT2D eigenvalue weighted by molar-refractivity contribution is -0.131. The maximum Gasteiger partial charge on any atom is 0.280 e. The Kier molecular flexibility index (Phi) is 5.07. The molecule has 0 amide bonds. The van der Waals surface area contributed by atoms with Crippen molar-refractivity contribution in [2.75, 3.05) is 38.7 Å². The SMILES string of the molecule is COc1nc(NC2CCN(C3COC3)CC2(F)F)nn2ccc(-c3ccc4ncccc4c3)c12. The van der Waals surface area contributed by atoms with Crippen molar-refractivity contribution in [2.24, 2.45) is 0 Å². The van der Waals surface area contributed by atoms with E-state index in [4.69, 9.17) is 9.47 Å². The van der Waals surface area contributed by atoms with Crippen molar-refractivity contribution >= 4 is 22.4 Å². The molecule has 2 fully saturated rings. The molecule has 0 aliphatic carbocycles. The molecule has 1 N–H and O–H groups in total. The molecule has 2 aliphatic heterocycles. The van der Waals surface area contributed by atoms with Gasteiger partial charge in [-0.2, -0.15) is 4.98 Å². The molecule has 6 rings (SSSR count). The fraction of sp³-hybridized carbons (Fsp3) is 0.375. The number of likely N-dealkylation sites (tertiary alicyclic amines) is 1. The lowest BCUT2D eigenvalue weighted by atomic mass is 9.98. The van der Waals surface area contributed by atoms with Crippen LogP contribution in [0.25, 0.3) is 27.5 Å². The Morgan fingerprint density at radius 3 is 2.85 bits per heavy atom. The number of nitrogens with zero attached hydrogens (tertiary/aromatic N) is 5. The van der Waals surface area contributed by atoms with Crippen molar-refractivity contribution in [3.05, 3.63) is 48.8 Å². The normalized spacial score (nSPS) is 21.0. The van der Waals surface area contributed by atoms with E-state index in [-0.39, 0.29) is 25.0 Å². The highest BCUT2D eigenvalue weighted by Gasteiger charge is 2.47. The number of alkyl halides is 2. The van der Waals surface area contributed by atoms with Crippen LogP contribution in [0.4, 0.5) is 14.7 Å². The number of fused-ring (bicyclic) bond motifs is 2. The number of halogens is 2. The van der Waals surface area contributed by atoms with E-state index in [2.05, 4.69) is 20.4 Å². The lowest BCUT2D eigenvalue weighted by Gasteiger charge is -2.44. The first-order chi connectivity index (χ1) is 16.5. The van der Waals surface area contributed by atoms with E-state index < -0.39 is 12.0 Å². The van der Waals surface area contributed by atoms with E-state index in [0.717, 1.165) is 22.0 Å². The molecule has 10 heteroatoms. The topological polar surface area (TPSA) is 76.8 Å². The van der Waals surface area contributed by atoms with Gasteiger partial charge < -0.3 is 14.8 Å². The van der Waals surface area contributed by atoms with Gasteiger partial charge in [0.05, 0.1) is 44.5 Å². The Morgan fingerprint density at radius 2 is 2.09 bits per heavy atom. The number of hydrogen-bond donors (Lipinski definition) is 1. The molecule has 3 aromatic heterocycles. The number of ether oxygens (including phenoxy) is 2. The van der Waals surface area contributed by atoms with Crippen molar-refractivity contribution in [3.8, 4) is 17.0 Å². The number of benzene rings is 1. The number of anilines is 1. The van der Waals surface area contributed by atoms with Gasteiger partial charge in [-0.1, -0.05) is 12.1 Å². The van der Waals surface area contributed by atoms with Crippen molar-refractivity contribution in [2.45, 2.75) is 24.4 Å². The monoisotopic (exact) mass is 466 g/mol. The Hall–Kier alpha value is -3.37. The highest BCUT2D eigenvalue weighted by atomic mass is 19.3. The summed E-state index contributed by atoms with van der Waals surface area (Å²) in [7, 11) is 1.51. The lowest BCUT2D eigenvalue weighted by Crippen LogP contribution is -2.61. The summed E-state index contributed by atoms with van der Waals surface area (Å²) in [5, 5.41) is 8.35. The standard InChI is InChI=1S/C24H24F2N6O2/c1-33-22-21-18(15-4-5-19-16(11-15)3-2-8-27-19)6-10-32(21)30-23(29-22)28-20-7-9-31(14-24(20,25)26)17-12-34-13-17/h2-6,8,10-11,17,20H,7,9,12-14H2,1H3,(H,28,30). The molecule has 1 atom stereocenters. The molecule has 2 aliphatic rings. The van der Waals surface area contributed by atoms with E-state index in [1.807, 2.05) is 41.3 Å². The van der Waals surface area contributed by atoms with E-state index in [9.17, 15) is 8.78 Å². The van der Waals surface area contributed by atoms with Gasteiger partial charge in [0.1, 0.15) is 5.52 Å². The summed E-state index contributed by atoms with van der Waals surface area (Å²) in [6.07, 6.45) is 3.83. The van der Waals surface area contributed by atoms with Gasteiger partial charge in [-0.05, 0) is 36.2 Å². The predicted molar refractivity (Wildman–Crippen MR) is 123 cm³/mol. The van der Waals surface area contributed by atoms with Crippen LogP contribution < -0.4 is 10.1 Å². The second kappa shape index (κ2) is 8.14. The van der Waals surface area contributed by atoms with Crippen LogP contribution in [0, 0.1) is 0 Å². The Labute approximate surface area is 194 Å². The number of aromatic nitrogens is 4. The first-order valence-electron chi connectivity index (χ1n) is 11.3. The van der Waals surface area contributed by atoms with Crippen LogP contribution in [0.2, 0.25) is 0 Å². The Bertz CT molecular complexity index is 1360. The maximum absolute atomic E-state index is 14.9. The number of piperidine rings is 1. The molecule has 8 nitrogen and oxygen atoms in total. The molecule has 4 aromatic rings. The molecular weight excluding hydrogens is 442 g/mol. The number of hydrogen-bond acceptors (Lipinski definition) is 7. The second-order valence-electron chi connectivity index (χ2n) is 8.79. The zero-order valence-corrected chi connectivity index (χ0v) is 18.6. The molecule has 0 saturated carbocycles. The third kappa shape index (κ3) is 3.63. The first kappa shape index (κ1) is 21.2. The maximum atomic E-state index is 14.9. The van der Waals surface area contributed by atoms with E-state index in [0.29, 0.717) is 31.2 Å². The summed E-state index contributed by atoms with van der Waals surface area (Å²) in [6, 6.07) is 10.8. The third-order valence-electron chi connectivity index (χ3n) is 6.66. The molecule has 176 valence electrons. The summed E-state index contributed by atoms with van der Waals surface area (Å²) in [4.78, 5) is 10.6. The molecule has 1 aromatic carbocycles. The summed E-state index contributed by atoms with van der Waals surface area (Å²) in [5.41, 5.74) is 3.42. The van der Waals surface area contributed by atoms with Gasteiger partial charge in [-0.25, -0.2) is 13.3 Å². The largest absolute Gasteiger partial charge is 0.479 e. The van der Waals surface area contributed by atoms with Gasteiger partial charge in [0.15, 0.2) is 0 Å². The molecule has 5 heterocycles. The number of pyridine rings is 1. The number of methoxy groups -OCH3 is 1. The van der Waals surface area contributed by atoms with Crippen LogP contribution in [-0.2, 0) is 4.74 Å². The van der Waals surface area contributed by atoms with Crippen LogP contribution >= 0.6 is 0 Å². The minimum atomic E-state index is -2.92. The zero-order valence-electron chi connectivity index (χ0n) is 18.6. The van der Waals surface area contributed by atoms with E-state index >= 15 is 0 Å². The summed E-state index contributed by atoms with van der Waals surface area (Å²) in [6.45, 7) is 1.32. The van der Waals surface area contributed by atoms with Gasteiger partial charge in [0.2, 0.25) is 11.8 Å². The van der Waals surface area contributed by atoms with Crippen LogP contribution in [0.3, 0.4) is 0 Å². The minimum Gasteiger partial charge on any atom is -0.479 e. The number of nitrogens with one attached hydrogen (secondary N) is 1. The Morgan fingerprint density at radius 1 is 1.21 bits per heavy atom. The van der Waals surface area contributed by atoms with Crippen molar-refractivity contribution in [1.82, 2.24) is 24.5 Å². The van der Waals surface area contributed by atoms with Gasteiger partial charge in [-0.15, -0.1) is 5.10 Å². The van der Waals surface area contributed by atoms with Crippen LogP contribution in [0.15, 0.2) is 48.8 Å². The minimum absolute atomic E-state index is 0.0868. The van der Waals surface area contributed by atoms with Gasteiger partial charge in [0.25, 0.3) is 5.92 Å². The van der Waals surface area contributed by atoms with Gasteiger partial charge in [-0.3, -0.25) is 9.88 Å². The highest BCUT2D eigenvalue weighted by molar-refractivity contribution is 5.90. The number of rotatable bonds is 5. The van der Waals surface area contributed by atoms with Crippen LogP contribution in [-0.4, -0.2) is 75.9 Å². The summed E-state index contributed by atoms with van der Waals surface area (Å²) < 4.78 is 42.2. The van der Waals surface area contributed by atoms with Crippen molar-refractivity contribution < 1.29 is 18.3 Å². The molecule has 0 bridgehead atoms. The molecule has 34 heavy (non-hydrogen) atoms. The molecule has 2 saturated heterocycles. The van der Waals surface area contributed by atoms with Gasteiger partial charge in [0, 0.05) is 29.9 Å². The quantitative estimate of drug-likeness (QED) is 0.483. The van der Waals surface area contributed by atoms with Crippen molar-refractivity contribution in [3.63, 3.8) is 0 Å². The molecular formula is C24H24F2N6O2. The van der Waals surface area contributed by atoms with E-state index in [1.165, 1.54) is 7.11 Å². The summed E-state index contributed by atoms with van der Waals surface area (Å²) in [5.74, 6) is -2.49.